The molecule has 0 spiro atoms. The van der Waals surface area contributed by atoms with Gasteiger partial charge in [0.25, 0.3) is 0 Å². The quantitative estimate of drug-likeness (QED) is 0.334. The molecule has 0 aliphatic carbocycles. The van der Waals surface area contributed by atoms with Gasteiger partial charge in [-0.1, -0.05) is 51.2 Å². The van der Waals surface area contributed by atoms with E-state index in [2.05, 4.69) is 26.2 Å². The second-order valence-electron chi connectivity index (χ2n) is 4.20. The summed E-state index contributed by atoms with van der Waals surface area (Å²) in [5.41, 5.74) is 0. The van der Waals surface area contributed by atoms with E-state index in [1.165, 1.54) is 51.4 Å². The Bertz CT molecular complexity index is 135. The van der Waals surface area contributed by atoms with E-state index in [9.17, 15) is 0 Å². The molecule has 0 bridgehead atoms. The van der Waals surface area contributed by atoms with Crippen molar-refractivity contribution in [3.8, 4) is 0 Å². The normalized spacial score (nSPS) is 12.4. The van der Waals surface area contributed by atoms with E-state index in [0.29, 0.717) is 5.92 Å². The van der Waals surface area contributed by atoms with E-state index in [4.69, 9.17) is 0 Å². The molecule has 82 valence electrons. The molecule has 0 aromatic carbocycles. The lowest BCUT2D eigenvalue weighted by Crippen LogP contribution is -1.88. The molecule has 0 heteroatoms. The zero-order valence-corrected chi connectivity index (χ0v) is 9.80. The highest BCUT2D eigenvalue weighted by Crippen LogP contribution is 2.12. The van der Waals surface area contributed by atoms with Crippen LogP contribution in [0.3, 0.4) is 0 Å². The average Bonchev–Trinajstić information content (AvgIpc) is 2.21. The summed E-state index contributed by atoms with van der Waals surface area (Å²) < 4.78 is 0. The minimum absolute atomic E-state index is 0.704. The number of unbranched alkanes of at least 4 members (excludes halogenated alkanes) is 6. The van der Waals surface area contributed by atoms with E-state index in [-0.39, 0.29) is 0 Å². The van der Waals surface area contributed by atoms with Crippen LogP contribution in [0.15, 0.2) is 25.3 Å². The highest BCUT2D eigenvalue weighted by Gasteiger charge is 1.95. The van der Waals surface area contributed by atoms with Crippen LogP contribution in [-0.2, 0) is 0 Å². The molecule has 0 N–H and O–H groups in total. The third-order valence-corrected chi connectivity index (χ3v) is 2.72. The summed E-state index contributed by atoms with van der Waals surface area (Å²) in [5.74, 6) is 0.704. The number of hydrogen-bond acceptors (Lipinski definition) is 0. The third kappa shape index (κ3) is 9.57. The van der Waals surface area contributed by atoms with E-state index in [1.807, 2.05) is 6.08 Å². The molecule has 14 heavy (non-hydrogen) atoms. The molecule has 0 fully saturated rings. The predicted octanol–water partition coefficient (Wildman–Crippen LogP) is 5.12. The first kappa shape index (κ1) is 13.5. The van der Waals surface area contributed by atoms with Gasteiger partial charge in [-0.15, -0.1) is 13.2 Å². The molecule has 0 aromatic rings. The van der Waals surface area contributed by atoms with E-state index in [0.717, 1.165) is 0 Å². The lowest BCUT2D eigenvalue weighted by Gasteiger charge is -2.04. The van der Waals surface area contributed by atoms with Crippen LogP contribution in [-0.4, -0.2) is 0 Å². The molecular weight excluding hydrogens is 168 g/mol. The van der Waals surface area contributed by atoms with Crippen LogP contribution in [0.2, 0.25) is 0 Å². The second kappa shape index (κ2) is 10.6. The van der Waals surface area contributed by atoms with Gasteiger partial charge in [0.2, 0.25) is 0 Å². The van der Waals surface area contributed by atoms with Crippen molar-refractivity contribution >= 4 is 0 Å². The maximum absolute atomic E-state index is 3.80. The van der Waals surface area contributed by atoms with Crippen LogP contribution < -0.4 is 0 Å². The molecule has 0 nitrogen and oxygen atoms in total. The van der Waals surface area contributed by atoms with Gasteiger partial charge in [-0.05, 0) is 25.2 Å². The molecule has 0 aliphatic heterocycles. The number of allylic oxidation sites excluding steroid dienone is 2. The predicted molar refractivity (Wildman–Crippen MR) is 66.5 cm³/mol. The molecule has 0 saturated heterocycles. The van der Waals surface area contributed by atoms with Crippen LogP contribution in [0.5, 0.6) is 0 Å². The molecule has 0 amide bonds. The summed E-state index contributed by atoms with van der Waals surface area (Å²) in [6.45, 7) is 9.77. The molecule has 0 radical (unpaired) electrons. The fourth-order valence-corrected chi connectivity index (χ4v) is 1.58. The molecule has 0 heterocycles. The maximum Gasteiger partial charge on any atom is -0.0265 e. The van der Waals surface area contributed by atoms with Gasteiger partial charge in [-0.25, -0.2) is 0 Å². The van der Waals surface area contributed by atoms with Crippen LogP contribution in [0.4, 0.5) is 0 Å². The monoisotopic (exact) mass is 194 g/mol. The topological polar surface area (TPSA) is 0 Å². The Kier molecular flexibility index (Phi) is 10.2. The van der Waals surface area contributed by atoms with Crippen molar-refractivity contribution < 1.29 is 0 Å². The van der Waals surface area contributed by atoms with Gasteiger partial charge in [-0.2, -0.15) is 0 Å². The van der Waals surface area contributed by atoms with Crippen molar-refractivity contribution in [2.75, 3.05) is 0 Å². The Morgan fingerprint density at radius 2 is 1.50 bits per heavy atom. The number of hydrogen-bond donors (Lipinski definition) is 0. The smallest absolute Gasteiger partial charge is 0.0265 e. The van der Waals surface area contributed by atoms with Gasteiger partial charge in [-0.3, -0.25) is 0 Å². The van der Waals surface area contributed by atoms with Crippen LogP contribution in [0.1, 0.15) is 58.3 Å². The second-order valence-corrected chi connectivity index (χ2v) is 4.20. The minimum Gasteiger partial charge on any atom is -0.103 e. The zero-order chi connectivity index (χ0) is 10.6. The summed E-state index contributed by atoms with van der Waals surface area (Å²) in [5, 5.41) is 0. The number of rotatable bonds is 10. The Hall–Kier alpha value is -0.520. The van der Waals surface area contributed by atoms with Gasteiger partial charge >= 0.3 is 0 Å². The van der Waals surface area contributed by atoms with E-state index in [1.54, 1.807) is 0 Å². The van der Waals surface area contributed by atoms with Crippen molar-refractivity contribution in [2.45, 2.75) is 58.3 Å². The van der Waals surface area contributed by atoms with Gasteiger partial charge in [0.1, 0.15) is 0 Å². The first-order valence-electron chi connectivity index (χ1n) is 6.04. The fraction of sp³-hybridized carbons (Fsp3) is 0.714. The summed E-state index contributed by atoms with van der Waals surface area (Å²) in [6.07, 6.45) is 14.9. The highest BCUT2D eigenvalue weighted by molar-refractivity contribution is 4.74. The first-order chi connectivity index (χ1) is 6.81. The fourth-order valence-electron chi connectivity index (χ4n) is 1.58. The molecule has 0 saturated carbocycles. The Labute approximate surface area is 90.1 Å². The van der Waals surface area contributed by atoms with Crippen LogP contribution in [0, 0.1) is 5.92 Å². The van der Waals surface area contributed by atoms with Crippen LogP contribution in [0.25, 0.3) is 0 Å². The van der Waals surface area contributed by atoms with Gasteiger partial charge < -0.3 is 0 Å². The first-order valence-corrected chi connectivity index (χ1v) is 6.04. The lowest BCUT2D eigenvalue weighted by molar-refractivity contribution is 0.540. The Morgan fingerprint density at radius 1 is 0.929 bits per heavy atom. The third-order valence-electron chi connectivity index (χ3n) is 2.72. The van der Waals surface area contributed by atoms with Crippen molar-refractivity contribution in [2.24, 2.45) is 5.92 Å². The zero-order valence-electron chi connectivity index (χ0n) is 9.80. The summed E-state index contributed by atoms with van der Waals surface area (Å²) in [6, 6.07) is 0. The van der Waals surface area contributed by atoms with Gasteiger partial charge in [0, 0.05) is 0 Å². The summed E-state index contributed by atoms with van der Waals surface area (Å²) >= 11 is 0. The van der Waals surface area contributed by atoms with Crippen molar-refractivity contribution in [3.63, 3.8) is 0 Å². The molecule has 0 aliphatic rings. The Morgan fingerprint density at radius 3 is 2.07 bits per heavy atom. The maximum atomic E-state index is 3.80. The Balaban J connectivity index is 2.98. The average molecular weight is 194 g/mol. The molecule has 0 rings (SSSR count). The van der Waals surface area contributed by atoms with Crippen molar-refractivity contribution in [3.05, 3.63) is 25.3 Å². The van der Waals surface area contributed by atoms with Gasteiger partial charge in [0.05, 0.1) is 0 Å². The summed E-state index contributed by atoms with van der Waals surface area (Å²) in [4.78, 5) is 0. The van der Waals surface area contributed by atoms with Crippen LogP contribution >= 0.6 is 0 Å². The SMILES string of the molecule is C=CCCCCCCCCC(C)C=C. The molecule has 1 atom stereocenters. The van der Waals surface area contributed by atoms with Crippen molar-refractivity contribution in [1.29, 1.82) is 0 Å². The van der Waals surface area contributed by atoms with Crippen molar-refractivity contribution in [1.82, 2.24) is 0 Å². The minimum atomic E-state index is 0.704. The molecule has 1 unspecified atom stereocenters. The standard InChI is InChI=1S/C14H26/c1-4-6-7-8-9-10-11-12-13-14(3)5-2/h4-5,14H,1-2,6-13H2,3H3. The largest absolute Gasteiger partial charge is 0.103 e. The molecular formula is C14H26. The summed E-state index contributed by atoms with van der Waals surface area (Å²) in [7, 11) is 0. The van der Waals surface area contributed by atoms with Gasteiger partial charge in [0.15, 0.2) is 0 Å². The molecule has 0 aromatic heterocycles. The highest BCUT2D eigenvalue weighted by atomic mass is 14.0. The van der Waals surface area contributed by atoms with E-state index >= 15 is 0 Å². The van der Waals surface area contributed by atoms with E-state index < -0.39 is 0 Å². The lowest BCUT2D eigenvalue weighted by atomic mass is 10.0.